The van der Waals surface area contributed by atoms with Gasteiger partial charge in [-0.2, -0.15) is 0 Å². The van der Waals surface area contributed by atoms with Crippen molar-refractivity contribution >= 4 is 5.91 Å². The van der Waals surface area contributed by atoms with Crippen molar-refractivity contribution in [3.63, 3.8) is 0 Å². The fourth-order valence-corrected chi connectivity index (χ4v) is 1.91. The van der Waals surface area contributed by atoms with Crippen LogP contribution in [0, 0.1) is 5.82 Å². The maximum Gasteiger partial charge on any atom is 0.275 e. The number of hydrogen-bond acceptors (Lipinski definition) is 2. The summed E-state index contributed by atoms with van der Waals surface area (Å²) in [6.45, 7) is 1.44. The summed E-state index contributed by atoms with van der Waals surface area (Å²) in [6, 6.07) is 9.81. The van der Waals surface area contributed by atoms with Crippen LogP contribution >= 0.6 is 0 Å². The number of carbonyl (C=O) groups excluding carboxylic acids is 1. The molecule has 20 heavy (non-hydrogen) atoms. The Labute approximate surface area is 117 Å². The highest BCUT2D eigenvalue weighted by molar-refractivity contribution is 5.76. The topological polar surface area (TPSA) is 46.7 Å². The number of likely N-dealkylation sites (N-methyl/N-ethyl adjacent to an activating group) is 1. The summed E-state index contributed by atoms with van der Waals surface area (Å²) in [5, 5.41) is 2.82. The highest BCUT2D eigenvalue weighted by Crippen LogP contribution is 2.01. The van der Waals surface area contributed by atoms with Gasteiger partial charge in [-0.3, -0.25) is 4.79 Å². The zero-order valence-corrected chi connectivity index (χ0v) is 11.4. The maximum atomic E-state index is 12.7. The summed E-state index contributed by atoms with van der Waals surface area (Å²) in [5.41, 5.74) is 0.878. The molecule has 0 bridgehead atoms. The smallest absolute Gasteiger partial charge is 0.275 e. The summed E-state index contributed by atoms with van der Waals surface area (Å²) < 4.78 is 18.0. The minimum atomic E-state index is -0.275. The predicted molar refractivity (Wildman–Crippen MR) is 72.4 cm³/mol. The minimum Gasteiger partial charge on any atom is -0.463 e. The van der Waals surface area contributed by atoms with E-state index >= 15 is 0 Å². The van der Waals surface area contributed by atoms with Gasteiger partial charge in [0.2, 0.25) is 0 Å². The molecular formula is C15H18FN2O2+. The summed E-state index contributed by atoms with van der Waals surface area (Å²) >= 11 is 0. The summed E-state index contributed by atoms with van der Waals surface area (Å²) in [5.74, 6) is 0.537. The number of amides is 1. The zero-order valence-electron chi connectivity index (χ0n) is 11.4. The molecule has 0 aliphatic rings. The second-order valence-corrected chi connectivity index (χ2v) is 4.79. The van der Waals surface area contributed by atoms with Gasteiger partial charge in [-0.25, -0.2) is 4.39 Å². The molecule has 4 nitrogen and oxygen atoms in total. The monoisotopic (exact) mass is 277 g/mol. The third-order valence-electron chi connectivity index (χ3n) is 2.92. The highest BCUT2D eigenvalue weighted by Gasteiger charge is 2.11. The van der Waals surface area contributed by atoms with Crippen LogP contribution < -0.4 is 10.2 Å². The van der Waals surface area contributed by atoms with Gasteiger partial charge in [-0.1, -0.05) is 12.1 Å². The van der Waals surface area contributed by atoms with E-state index in [0.717, 1.165) is 16.2 Å². The lowest BCUT2D eigenvalue weighted by Gasteiger charge is -2.12. The first kappa shape index (κ1) is 14.3. The molecule has 1 atom stereocenters. The van der Waals surface area contributed by atoms with E-state index in [1.165, 1.54) is 12.1 Å². The molecule has 5 heteroatoms. The zero-order chi connectivity index (χ0) is 14.4. The molecule has 1 aromatic carbocycles. The summed E-state index contributed by atoms with van der Waals surface area (Å²) in [6.07, 6.45) is 1.62. The lowest BCUT2D eigenvalue weighted by molar-refractivity contribution is -0.886. The van der Waals surface area contributed by atoms with Gasteiger partial charge in [0.15, 0.2) is 12.3 Å². The number of carbonyl (C=O) groups is 1. The van der Waals surface area contributed by atoms with Gasteiger partial charge in [0.25, 0.3) is 5.91 Å². The molecule has 1 unspecified atom stereocenters. The largest absolute Gasteiger partial charge is 0.463 e. The number of halogens is 1. The first-order valence-corrected chi connectivity index (χ1v) is 6.48. The van der Waals surface area contributed by atoms with Crippen LogP contribution in [0.1, 0.15) is 11.3 Å². The fraction of sp³-hybridized carbons (Fsp3) is 0.267. The van der Waals surface area contributed by atoms with E-state index in [9.17, 15) is 9.18 Å². The Hall–Kier alpha value is -2.14. The Morgan fingerprint density at radius 3 is 2.70 bits per heavy atom. The van der Waals surface area contributed by atoms with Crippen LogP contribution in [0.2, 0.25) is 0 Å². The van der Waals surface area contributed by atoms with Gasteiger partial charge >= 0.3 is 0 Å². The van der Waals surface area contributed by atoms with Gasteiger partial charge < -0.3 is 14.6 Å². The van der Waals surface area contributed by atoms with Crippen LogP contribution in [-0.2, 0) is 17.9 Å². The van der Waals surface area contributed by atoms with Crippen molar-refractivity contribution < 1.29 is 18.5 Å². The average Bonchev–Trinajstić information content (AvgIpc) is 2.90. The molecule has 2 rings (SSSR count). The van der Waals surface area contributed by atoms with Crippen molar-refractivity contribution in [1.29, 1.82) is 0 Å². The quantitative estimate of drug-likeness (QED) is 0.818. The fourth-order valence-electron chi connectivity index (χ4n) is 1.91. The van der Waals surface area contributed by atoms with Crippen LogP contribution in [0.4, 0.5) is 4.39 Å². The third kappa shape index (κ3) is 4.51. The van der Waals surface area contributed by atoms with Crippen molar-refractivity contribution in [2.24, 2.45) is 0 Å². The second-order valence-electron chi connectivity index (χ2n) is 4.79. The molecule has 0 radical (unpaired) electrons. The average molecular weight is 277 g/mol. The number of benzene rings is 1. The molecule has 1 amide bonds. The number of quaternary nitrogens is 1. The molecule has 1 heterocycles. The Kier molecular flexibility index (Phi) is 4.90. The number of rotatable bonds is 6. The molecule has 0 aliphatic heterocycles. The maximum absolute atomic E-state index is 12.7. The van der Waals surface area contributed by atoms with Crippen molar-refractivity contribution in [3.8, 4) is 0 Å². The van der Waals surface area contributed by atoms with Crippen LogP contribution in [0.5, 0.6) is 0 Å². The normalized spacial score (nSPS) is 12.1. The molecule has 1 aromatic heterocycles. The molecule has 0 aliphatic carbocycles. The van der Waals surface area contributed by atoms with Crippen molar-refractivity contribution in [2.45, 2.75) is 13.1 Å². The van der Waals surface area contributed by atoms with Crippen LogP contribution in [0.15, 0.2) is 47.1 Å². The van der Waals surface area contributed by atoms with Crippen molar-refractivity contribution in [1.82, 2.24) is 5.32 Å². The first-order chi connectivity index (χ1) is 9.63. The Morgan fingerprint density at radius 2 is 2.05 bits per heavy atom. The van der Waals surface area contributed by atoms with E-state index in [-0.39, 0.29) is 11.7 Å². The van der Waals surface area contributed by atoms with Crippen LogP contribution in [0.3, 0.4) is 0 Å². The highest BCUT2D eigenvalue weighted by atomic mass is 19.1. The first-order valence-electron chi connectivity index (χ1n) is 6.48. The minimum absolute atomic E-state index is 0.0432. The van der Waals surface area contributed by atoms with Gasteiger partial charge in [0.1, 0.15) is 12.4 Å². The van der Waals surface area contributed by atoms with Gasteiger partial charge in [0, 0.05) is 6.54 Å². The molecular weight excluding hydrogens is 259 g/mol. The van der Waals surface area contributed by atoms with Gasteiger partial charge in [0.05, 0.1) is 13.3 Å². The number of nitrogens with one attached hydrogen (secondary N) is 2. The van der Waals surface area contributed by atoms with Crippen LogP contribution in [0.25, 0.3) is 0 Å². The van der Waals surface area contributed by atoms with Gasteiger partial charge in [-0.15, -0.1) is 0 Å². The summed E-state index contributed by atoms with van der Waals surface area (Å²) in [7, 11) is 1.93. The standard InChI is InChI=1S/C15H17FN2O2/c1-18(10-14-3-2-8-20-14)11-15(19)17-9-12-4-6-13(16)7-5-12/h2-8H,9-11H2,1H3,(H,17,19)/p+1. The number of hydrogen-bond donors (Lipinski definition) is 2. The molecule has 0 fully saturated rings. The Balaban J connectivity index is 1.73. The van der Waals surface area contributed by atoms with Crippen molar-refractivity contribution in [3.05, 3.63) is 59.8 Å². The van der Waals surface area contributed by atoms with E-state index in [1.54, 1.807) is 18.4 Å². The Bertz CT molecular complexity index is 538. The lowest BCUT2D eigenvalue weighted by Crippen LogP contribution is -3.08. The molecule has 106 valence electrons. The van der Waals surface area contributed by atoms with E-state index in [2.05, 4.69) is 5.32 Å². The van der Waals surface area contributed by atoms with E-state index in [0.29, 0.717) is 19.6 Å². The lowest BCUT2D eigenvalue weighted by atomic mass is 10.2. The molecule has 0 saturated heterocycles. The van der Waals surface area contributed by atoms with E-state index in [1.807, 2.05) is 19.2 Å². The number of furan rings is 1. The van der Waals surface area contributed by atoms with Crippen LogP contribution in [-0.4, -0.2) is 19.5 Å². The molecule has 0 saturated carbocycles. The van der Waals surface area contributed by atoms with Gasteiger partial charge in [-0.05, 0) is 29.8 Å². The Morgan fingerprint density at radius 1 is 1.30 bits per heavy atom. The molecule has 0 spiro atoms. The second kappa shape index (κ2) is 6.86. The summed E-state index contributed by atoms with van der Waals surface area (Å²) in [4.78, 5) is 12.8. The van der Waals surface area contributed by atoms with E-state index in [4.69, 9.17) is 4.42 Å². The van der Waals surface area contributed by atoms with Crippen molar-refractivity contribution in [2.75, 3.05) is 13.6 Å². The third-order valence-corrected chi connectivity index (χ3v) is 2.92. The van der Waals surface area contributed by atoms with E-state index < -0.39 is 0 Å². The molecule has 2 aromatic rings. The SMILES string of the molecule is C[NH+](CC(=O)NCc1ccc(F)cc1)Cc1ccco1. The predicted octanol–water partition coefficient (Wildman–Crippen LogP) is 0.750. The molecule has 2 N–H and O–H groups in total.